The van der Waals surface area contributed by atoms with Crippen molar-refractivity contribution in [3.8, 4) is 0 Å². The van der Waals surface area contributed by atoms with Crippen LogP contribution < -0.4 is 5.73 Å². The van der Waals surface area contributed by atoms with E-state index in [4.69, 9.17) is 24.3 Å². The lowest BCUT2D eigenvalue weighted by molar-refractivity contribution is -0.154. The summed E-state index contributed by atoms with van der Waals surface area (Å²) >= 11 is 0. The van der Waals surface area contributed by atoms with E-state index in [1.54, 1.807) is 0 Å². The Balaban J connectivity index is 4.06. The molecule has 9 heteroatoms. The van der Waals surface area contributed by atoms with Crippen molar-refractivity contribution in [3.05, 3.63) is 12.2 Å². The SMILES string of the molecule is CCCCCCCC/C=C\CCCCCCCCOCC(COP(=O)(O)OCCN)OC(=O)CCCCCCCCCCCC. The van der Waals surface area contributed by atoms with Crippen molar-refractivity contribution >= 4 is 13.8 Å². The molecule has 0 bridgehead atoms. The second-order valence-electron chi connectivity index (χ2n) is 12.4. The van der Waals surface area contributed by atoms with Crippen molar-refractivity contribution in [1.29, 1.82) is 0 Å². The van der Waals surface area contributed by atoms with E-state index in [9.17, 15) is 14.3 Å². The molecule has 0 aliphatic rings. The highest BCUT2D eigenvalue weighted by Crippen LogP contribution is 2.43. The number of hydrogen-bond donors (Lipinski definition) is 2. The lowest BCUT2D eigenvalue weighted by Crippen LogP contribution is -2.28. The third-order valence-electron chi connectivity index (χ3n) is 7.93. The first-order chi connectivity index (χ1) is 21.9. The number of allylic oxidation sites excluding steroid dienone is 2. The lowest BCUT2D eigenvalue weighted by atomic mass is 10.1. The molecule has 2 unspecified atom stereocenters. The van der Waals surface area contributed by atoms with Gasteiger partial charge in [-0.05, 0) is 38.5 Å². The van der Waals surface area contributed by atoms with Gasteiger partial charge in [-0.1, -0.05) is 142 Å². The minimum Gasteiger partial charge on any atom is -0.457 e. The monoisotopic (exact) mass is 662 g/mol. The Labute approximate surface area is 277 Å². The summed E-state index contributed by atoms with van der Waals surface area (Å²) in [7, 11) is -4.26. The van der Waals surface area contributed by atoms with Crippen molar-refractivity contribution in [2.45, 2.75) is 180 Å². The molecule has 0 spiro atoms. The average Bonchev–Trinajstić information content (AvgIpc) is 3.02. The van der Waals surface area contributed by atoms with E-state index < -0.39 is 13.9 Å². The number of phosphoric ester groups is 1. The van der Waals surface area contributed by atoms with E-state index in [-0.39, 0.29) is 32.3 Å². The highest BCUT2D eigenvalue weighted by Gasteiger charge is 2.25. The molecule has 8 nitrogen and oxygen atoms in total. The maximum absolute atomic E-state index is 12.5. The van der Waals surface area contributed by atoms with Crippen LogP contribution in [0.2, 0.25) is 0 Å². The normalized spacial score (nSPS) is 13.8. The van der Waals surface area contributed by atoms with Gasteiger partial charge in [0.05, 0.1) is 19.8 Å². The summed E-state index contributed by atoms with van der Waals surface area (Å²) in [6.07, 6.45) is 33.6. The van der Waals surface area contributed by atoms with Crippen LogP contribution in [0, 0.1) is 0 Å². The number of ether oxygens (including phenoxy) is 2. The van der Waals surface area contributed by atoms with Gasteiger partial charge in [0.25, 0.3) is 0 Å². The van der Waals surface area contributed by atoms with Crippen LogP contribution in [0.15, 0.2) is 12.2 Å². The summed E-state index contributed by atoms with van der Waals surface area (Å²) in [5.41, 5.74) is 5.34. The Bertz CT molecular complexity index is 707. The van der Waals surface area contributed by atoms with Gasteiger partial charge in [0.15, 0.2) is 0 Å². The van der Waals surface area contributed by atoms with E-state index >= 15 is 0 Å². The largest absolute Gasteiger partial charge is 0.472 e. The molecule has 45 heavy (non-hydrogen) atoms. The first kappa shape index (κ1) is 44.2. The second-order valence-corrected chi connectivity index (χ2v) is 13.9. The summed E-state index contributed by atoms with van der Waals surface area (Å²) in [5, 5.41) is 0. The van der Waals surface area contributed by atoms with Crippen LogP contribution in [0.4, 0.5) is 0 Å². The third-order valence-corrected chi connectivity index (χ3v) is 8.92. The number of carbonyl (C=O) groups is 1. The van der Waals surface area contributed by atoms with Gasteiger partial charge in [0.2, 0.25) is 0 Å². The first-order valence-corrected chi connectivity index (χ1v) is 20.2. The van der Waals surface area contributed by atoms with Crippen molar-refractivity contribution in [2.24, 2.45) is 5.73 Å². The molecule has 2 atom stereocenters. The maximum Gasteiger partial charge on any atom is 0.472 e. The number of rotatable bonds is 36. The fourth-order valence-electron chi connectivity index (χ4n) is 5.17. The predicted molar refractivity (Wildman–Crippen MR) is 187 cm³/mol. The minimum absolute atomic E-state index is 0.0938. The molecule has 0 saturated carbocycles. The van der Waals surface area contributed by atoms with Crippen molar-refractivity contribution in [1.82, 2.24) is 0 Å². The molecule has 0 aliphatic carbocycles. The van der Waals surface area contributed by atoms with Crippen LogP contribution in [-0.4, -0.2) is 49.9 Å². The number of phosphoric acid groups is 1. The summed E-state index contributed by atoms with van der Waals surface area (Å²) in [5.74, 6) is -0.334. The maximum atomic E-state index is 12.5. The van der Waals surface area contributed by atoms with Crippen LogP contribution in [-0.2, 0) is 27.9 Å². The molecule has 268 valence electrons. The van der Waals surface area contributed by atoms with E-state index in [0.717, 1.165) is 32.1 Å². The van der Waals surface area contributed by atoms with Gasteiger partial charge in [-0.25, -0.2) is 4.57 Å². The Morgan fingerprint density at radius 1 is 0.644 bits per heavy atom. The Hall–Kier alpha value is -0.760. The van der Waals surface area contributed by atoms with Crippen molar-refractivity contribution in [3.63, 3.8) is 0 Å². The molecule has 0 amide bonds. The van der Waals surface area contributed by atoms with Crippen molar-refractivity contribution < 1.29 is 32.8 Å². The molecule has 3 N–H and O–H groups in total. The fraction of sp³-hybridized carbons (Fsp3) is 0.917. The van der Waals surface area contributed by atoms with Gasteiger partial charge in [0.1, 0.15) is 6.10 Å². The van der Waals surface area contributed by atoms with E-state index in [2.05, 4.69) is 26.0 Å². The van der Waals surface area contributed by atoms with Crippen molar-refractivity contribution in [2.75, 3.05) is 33.0 Å². The fourth-order valence-corrected chi connectivity index (χ4v) is 5.93. The second kappa shape index (κ2) is 34.6. The summed E-state index contributed by atoms with van der Waals surface area (Å²) in [4.78, 5) is 22.3. The summed E-state index contributed by atoms with van der Waals surface area (Å²) in [6.45, 7) is 4.90. The topological polar surface area (TPSA) is 117 Å². The molecule has 0 aromatic heterocycles. The predicted octanol–water partition coefficient (Wildman–Crippen LogP) is 10.4. The number of unbranched alkanes of at least 4 members (excludes halogenated alkanes) is 21. The molecule has 0 fully saturated rings. The quantitative estimate of drug-likeness (QED) is 0.0295. The van der Waals surface area contributed by atoms with Gasteiger partial charge in [-0.3, -0.25) is 13.8 Å². The Morgan fingerprint density at radius 2 is 1.11 bits per heavy atom. The zero-order valence-corrected chi connectivity index (χ0v) is 30.3. The number of nitrogens with two attached hydrogens (primary N) is 1. The standard InChI is InChI=1S/C36H72NO7P/c1-3-5-7-9-11-13-15-16-17-18-19-20-22-24-26-28-31-41-33-35(34-43-45(39,40)42-32-30-37)44-36(38)29-27-25-23-21-14-12-10-8-6-4-2/h16-17,35H,3-15,18-34,37H2,1-2H3,(H,39,40)/b17-16-. The lowest BCUT2D eigenvalue weighted by Gasteiger charge is -2.20. The van der Waals surface area contributed by atoms with Gasteiger partial charge in [-0.15, -0.1) is 0 Å². The summed E-state index contributed by atoms with van der Waals surface area (Å²) in [6, 6.07) is 0. The van der Waals surface area contributed by atoms with Crippen LogP contribution in [0.5, 0.6) is 0 Å². The first-order valence-electron chi connectivity index (χ1n) is 18.7. The van der Waals surface area contributed by atoms with E-state index in [1.165, 1.54) is 122 Å². The molecule has 0 rings (SSSR count). The molecule has 0 aromatic carbocycles. The molecule has 0 heterocycles. The molecule has 0 radical (unpaired) electrons. The highest BCUT2D eigenvalue weighted by molar-refractivity contribution is 7.47. The van der Waals surface area contributed by atoms with Gasteiger partial charge >= 0.3 is 13.8 Å². The Morgan fingerprint density at radius 3 is 1.62 bits per heavy atom. The van der Waals surface area contributed by atoms with Crippen LogP contribution in [0.1, 0.15) is 174 Å². The Kier molecular flexibility index (Phi) is 34.0. The summed E-state index contributed by atoms with van der Waals surface area (Å²) < 4.78 is 33.2. The van der Waals surface area contributed by atoms with Crippen LogP contribution >= 0.6 is 7.82 Å². The van der Waals surface area contributed by atoms with E-state index in [0.29, 0.717) is 13.0 Å². The zero-order valence-electron chi connectivity index (χ0n) is 29.4. The van der Waals surface area contributed by atoms with Gasteiger partial charge in [0, 0.05) is 19.6 Å². The number of esters is 1. The zero-order chi connectivity index (χ0) is 33.1. The van der Waals surface area contributed by atoms with Gasteiger partial charge < -0.3 is 20.1 Å². The number of carbonyl (C=O) groups excluding carboxylic acids is 1. The molecule has 0 aliphatic heterocycles. The van der Waals surface area contributed by atoms with Gasteiger partial charge in [-0.2, -0.15) is 0 Å². The van der Waals surface area contributed by atoms with Crippen LogP contribution in [0.3, 0.4) is 0 Å². The smallest absolute Gasteiger partial charge is 0.457 e. The van der Waals surface area contributed by atoms with Crippen LogP contribution in [0.25, 0.3) is 0 Å². The van der Waals surface area contributed by atoms with E-state index in [1.807, 2.05) is 0 Å². The molecule has 0 saturated heterocycles. The number of hydrogen-bond acceptors (Lipinski definition) is 7. The molecular weight excluding hydrogens is 589 g/mol. The molecular formula is C36H72NO7P. The highest BCUT2D eigenvalue weighted by atomic mass is 31.2. The minimum atomic E-state index is -4.26. The molecule has 0 aromatic rings. The average molecular weight is 662 g/mol. The third kappa shape index (κ3) is 34.4.